The van der Waals surface area contributed by atoms with Crippen molar-refractivity contribution in [2.24, 2.45) is 0 Å². The van der Waals surface area contributed by atoms with Gasteiger partial charge in [0.25, 0.3) is 5.91 Å². The van der Waals surface area contributed by atoms with Crippen molar-refractivity contribution in [3.05, 3.63) is 41.7 Å². The lowest BCUT2D eigenvalue weighted by molar-refractivity contribution is -0.138. The monoisotopic (exact) mass is 317 g/mol. The molecule has 1 atom stereocenters. The summed E-state index contributed by atoms with van der Waals surface area (Å²) in [6, 6.07) is 6.38. The summed E-state index contributed by atoms with van der Waals surface area (Å²) < 4.78 is 6.96. The molecule has 0 bridgehead atoms. The Hall–Kier alpha value is -2.83. The standard InChI is InChI=1S/C16H19N3O4/c1-4-12-11(15(20)18-10(2)16(21)22)9-17-19(12)13-7-5-6-8-14(13)23-3/h5-10H,4H2,1-3H3,(H,18,20)(H,21,22)/t10-/m1/s1. The van der Waals surface area contributed by atoms with Gasteiger partial charge in [0.1, 0.15) is 17.5 Å². The molecule has 2 N–H and O–H groups in total. The maximum Gasteiger partial charge on any atom is 0.325 e. The van der Waals surface area contributed by atoms with E-state index in [0.29, 0.717) is 23.4 Å². The van der Waals surface area contributed by atoms with Crippen LogP contribution in [-0.2, 0) is 11.2 Å². The highest BCUT2D eigenvalue weighted by atomic mass is 16.5. The van der Waals surface area contributed by atoms with Gasteiger partial charge < -0.3 is 15.2 Å². The molecule has 0 fully saturated rings. The first-order valence-corrected chi connectivity index (χ1v) is 7.23. The van der Waals surface area contributed by atoms with E-state index >= 15 is 0 Å². The molecule has 0 aliphatic rings. The van der Waals surface area contributed by atoms with E-state index < -0.39 is 17.9 Å². The number of benzene rings is 1. The van der Waals surface area contributed by atoms with Crippen LogP contribution < -0.4 is 10.1 Å². The average molecular weight is 317 g/mol. The molecule has 0 spiro atoms. The predicted molar refractivity (Wildman–Crippen MR) is 84.1 cm³/mol. The quantitative estimate of drug-likeness (QED) is 0.845. The van der Waals surface area contributed by atoms with E-state index in [1.807, 2.05) is 31.2 Å². The van der Waals surface area contributed by atoms with Crippen molar-refractivity contribution >= 4 is 11.9 Å². The van der Waals surface area contributed by atoms with Gasteiger partial charge in [0.2, 0.25) is 0 Å². The Bertz CT molecular complexity index is 724. The Balaban J connectivity index is 2.40. The molecule has 0 aliphatic heterocycles. The number of nitrogens with one attached hydrogen (secondary N) is 1. The maximum atomic E-state index is 12.3. The zero-order valence-electron chi connectivity index (χ0n) is 13.2. The highest BCUT2D eigenvalue weighted by Crippen LogP contribution is 2.24. The smallest absolute Gasteiger partial charge is 0.325 e. The third kappa shape index (κ3) is 3.33. The largest absolute Gasteiger partial charge is 0.494 e. The molecule has 1 aromatic carbocycles. The van der Waals surface area contributed by atoms with E-state index in [1.165, 1.54) is 13.1 Å². The van der Waals surface area contributed by atoms with Gasteiger partial charge in [0.15, 0.2) is 0 Å². The zero-order valence-corrected chi connectivity index (χ0v) is 13.2. The summed E-state index contributed by atoms with van der Waals surface area (Å²) >= 11 is 0. The van der Waals surface area contributed by atoms with Crippen LogP contribution in [0.15, 0.2) is 30.5 Å². The second kappa shape index (κ2) is 6.95. The van der Waals surface area contributed by atoms with Crippen molar-refractivity contribution < 1.29 is 19.4 Å². The Morgan fingerprint density at radius 1 is 1.39 bits per heavy atom. The van der Waals surface area contributed by atoms with Crippen molar-refractivity contribution in [3.8, 4) is 11.4 Å². The molecule has 1 aromatic heterocycles. The lowest BCUT2D eigenvalue weighted by atomic mass is 10.1. The molecule has 0 aliphatic carbocycles. The highest BCUT2D eigenvalue weighted by Gasteiger charge is 2.21. The van der Waals surface area contributed by atoms with Crippen LogP contribution in [0.4, 0.5) is 0 Å². The molecule has 1 amide bonds. The van der Waals surface area contributed by atoms with Crippen molar-refractivity contribution in [2.75, 3.05) is 7.11 Å². The van der Waals surface area contributed by atoms with Gasteiger partial charge in [0, 0.05) is 0 Å². The molecule has 0 radical (unpaired) electrons. The second-order valence-electron chi connectivity index (χ2n) is 4.98. The molecule has 0 unspecified atom stereocenters. The number of carbonyl (C=O) groups is 2. The summed E-state index contributed by atoms with van der Waals surface area (Å²) in [5.41, 5.74) is 1.76. The fraction of sp³-hybridized carbons (Fsp3) is 0.312. The van der Waals surface area contributed by atoms with Gasteiger partial charge in [-0.2, -0.15) is 5.10 Å². The molecule has 7 heteroatoms. The second-order valence-corrected chi connectivity index (χ2v) is 4.98. The van der Waals surface area contributed by atoms with E-state index in [-0.39, 0.29) is 0 Å². The van der Waals surface area contributed by atoms with Gasteiger partial charge in [-0.3, -0.25) is 9.59 Å². The molecule has 1 heterocycles. The number of rotatable bonds is 6. The number of nitrogens with zero attached hydrogens (tertiary/aromatic N) is 2. The van der Waals surface area contributed by atoms with Crippen molar-refractivity contribution in [3.63, 3.8) is 0 Å². The molecule has 122 valence electrons. The summed E-state index contributed by atoms with van der Waals surface area (Å²) in [6.07, 6.45) is 2.00. The van der Waals surface area contributed by atoms with Crippen LogP contribution in [0.3, 0.4) is 0 Å². The number of aliphatic carboxylic acids is 1. The summed E-state index contributed by atoms with van der Waals surface area (Å²) in [6.45, 7) is 3.32. The normalized spacial score (nSPS) is 11.8. The molecular weight excluding hydrogens is 298 g/mol. The van der Waals surface area contributed by atoms with Crippen molar-refractivity contribution in [2.45, 2.75) is 26.3 Å². The third-order valence-electron chi connectivity index (χ3n) is 3.48. The summed E-state index contributed by atoms with van der Waals surface area (Å²) in [7, 11) is 1.57. The van der Waals surface area contributed by atoms with Crippen LogP contribution in [0, 0.1) is 0 Å². The van der Waals surface area contributed by atoms with Crippen molar-refractivity contribution in [1.29, 1.82) is 0 Å². The SMILES string of the molecule is CCc1c(C(=O)N[C@H](C)C(=O)O)cnn1-c1ccccc1OC. The summed E-state index contributed by atoms with van der Waals surface area (Å²) in [4.78, 5) is 23.2. The molecule has 7 nitrogen and oxygen atoms in total. The minimum absolute atomic E-state index is 0.353. The van der Waals surface area contributed by atoms with Crippen LogP contribution in [0.1, 0.15) is 29.9 Å². The van der Waals surface area contributed by atoms with Crippen LogP contribution in [0.2, 0.25) is 0 Å². The Morgan fingerprint density at radius 2 is 2.09 bits per heavy atom. The van der Waals surface area contributed by atoms with Crippen LogP contribution >= 0.6 is 0 Å². The zero-order chi connectivity index (χ0) is 17.0. The first kappa shape index (κ1) is 16.5. The van der Waals surface area contributed by atoms with E-state index in [0.717, 1.165) is 5.69 Å². The van der Waals surface area contributed by atoms with E-state index in [2.05, 4.69) is 10.4 Å². The molecule has 0 saturated carbocycles. The fourth-order valence-corrected chi connectivity index (χ4v) is 2.25. The number of amides is 1. The number of carboxylic acids is 1. The van der Waals surface area contributed by atoms with Gasteiger partial charge in [0.05, 0.1) is 24.6 Å². The number of methoxy groups -OCH3 is 1. The lowest BCUT2D eigenvalue weighted by Crippen LogP contribution is -2.38. The summed E-state index contributed by atoms with van der Waals surface area (Å²) in [5, 5.41) is 15.6. The highest BCUT2D eigenvalue weighted by molar-refractivity contribution is 5.97. The number of hydrogen-bond acceptors (Lipinski definition) is 4. The minimum Gasteiger partial charge on any atom is -0.494 e. The van der Waals surface area contributed by atoms with Gasteiger partial charge in [-0.1, -0.05) is 19.1 Å². The van der Waals surface area contributed by atoms with Crippen LogP contribution in [0.25, 0.3) is 5.69 Å². The van der Waals surface area contributed by atoms with Gasteiger partial charge in [-0.15, -0.1) is 0 Å². The number of aromatic nitrogens is 2. The summed E-state index contributed by atoms with van der Waals surface area (Å²) in [5.74, 6) is -0.914. The molecular formula is C16H19N3O4. The van der Waals surface area contributed by atoms with E-state index in [1.54, 1.807) is 11.8 Å². The first-order chi connectivity index (χ1) is 11.0. The number of hydrogen-bond donors (Lipinski definition) is 2. The molecule has 0 saturated heterocycles. The first-order valence-electron chi connectivity index (χ1n) is 7.23. The Morgan fingerprint density at radius 3 is 2.70 bits per heavy atom. The Kier molecular flexibility index (Phi) is 5.00. The van der Waals surface area contributed by atoms with Crippen molar-refractivity contribution in [1.82, 2.24) is 15.1 Å². The van der Waals surface area contributed by atoms with E-state index in [4.69, 9.17) is 9.84 Å². The van der Waals surface area contributed by atoms with Crippen LogP contribution in [0.5, 0.6) is 5.75 Å². The minimum atomic E-state index is -1.09. The number of ether oxygens (including phenoxy) is 1. The number of carboxylic acid groups (broad SMARTS) is 1. The average Bonchev–Trinajstić information content (AvgIpc) is 2.98. The van der Waals surface area contributed by atoms with E-state index in [9.17, 15) is 9.59 Å². The molecule has 2 rings (SSSR count). The van der Waals surface area contributed by atoms with Gasteiger partial charge in [-0.25, -0.2) is 4.68 Å². The third-order valence-corrected chi connectivity index (χ3v) is 3.48. The molecule has 23 heavy (non-hydrogen) atoms. The predicted octanol–water partition coefficient (Wildman–Crippen LogP) is 1.65. The maximum absolute atomic E-state index is 12.3. The van der Waals surface area contributed by atoms with Gasteiger partial charge >= 0.3 is 5.97 Å². The lowest BCUT2D eigenvalue weighted by Gasteiger charge is -2.12. The fourth-order valence-electron chi connectivity index (χ4n) is 2.25. The topological polar surface area (TPSA) is 93.5 Å². The van der Waals surface area contributed by atoms with Gasteiger partial charge in [-0.05, 0) is 25.5 Å². The molecule has 2 aromatic rings. The number of para-hydroxylation sites is 2. The number of carbonyl (C=O) groups excluding carboxylic acids is 1. The Labute approximate surface area is 133 Å². The van der Waals surface area contributed by atoms with Crippen LogP contribution in [-0.4, -0.2) is 39.9 Å².